The van der Waals surface area contributed by atoms with Crippen molar-refractivity contribution in [3.63, 3.8) is 0 Å². The van der Waals surface area contributed by atoms with Crippen LogP contribution >= 0.6 is 11.3 Å². The number of pyridine rings is 1. The summed E-state index contributed by atoms with van der Waals surface area (Å²) in [6, 6.07) is 9.85. The van der Waals surface area contributed by atoms with E-state index in [-0.39, 0.29) is 18.1 Å². The van der Waals surface area contributed by atoms with Crippen molar-refractivity contribution in [2.75, 3.05) is 19.8 Å². The topological polar surface area (TPSA) is 51.7 Å². The number of thiophene rings is 1. The van der Waals surface area contributed by atoms with Gasteiger partial charge in [-0.1, -0.05) is 12.1 Å². The van der Waals surface area contributed by atoms with Crippen LogP contribution in [0.2, 0.25) is 0 Å². The largest absolute Gasteiger partial charge is 0.375 e. The van der Waals surface area contributed by atoms with Crippen LogP contribution in [0.5, 0.6) is 0 Å². The fourth-order valence-electron chi connectivity index (χ4n) is 3.79. The summed E-state index contributed by atoms with van der Waals surface area (Å²) >= 11 is 1.51. The summed E-state index contributed by atoms with van der Waals surface area (Å²) in [6.07, 6.45) is 3.83. The third kappa shape index (κ3) is 3.76. The summed E-state index contributed by atoms with van der Waals surface area (Å²) in [5.41, 5.74) is 0.948. The van der Waals surface area contributed by atoms with E-state index in [1.807, 2.05) is 40.6 Å². The van der Waals surface area contributed by atoms with E-state index in [9.17, 15) is 4.79 Å². The Labute approximate surface area is 151 Å². The van der Waals surface area contributed by atoms with Gasteiger partial charge in [-0.25, -0.2) is 0 Å². The van der Waals surface area contributed by atoms with Crippen LogP contribution in [0.4, 0.5) is 0 Å². The van der Waals surface area contributed by atoms with Crippen LogP contribution in [0.15, 0.2) is 41.9 Å². The van der Waals surface area contributed by atoms with Gasteiger partial charge in [0.2, 0.25) is 0 Å². The average Bonchev–Trinajstić information content (AvgIpc) is 3.31. The van der Waals surface area contributed by atoms with Gasteiger partial charge in [0.1, 0.15) is 0 Å². The number of hydrogen-bond acceptors (Lipinski definition) is 5. The van der Waals surface area contributed by atoms with Gasteiger partial charge in [0.05, 0.1) is 42.5 Å². The molecule has 0 bridgehead atoms. The molecule has 3 heterocycles. The van der Waals surface area contributed by atoms with E-state index in [0.29, 0.717) is 32.3 Å². The average molecular weight is 358 g/mol. The van der Waals surface area contributed by atoms with Crippen molar-refractivity contribution in [1.29, 1.82) is 0 Å². The van der Waals surface area contributed by atoms with E-state index < -0.39 is 0 Å². The molecular weight excluding hydrogens is 336 g/mol. The second-order valence-corrected chi connectivity index (χ2v) is 7.57. The second kappa shape index (κ2) is 7.64. The molecule has 0 N–H and O–H groups in total. The predicted octanol–water partition coefficient (Wildman–Crippen LogP) is 2.98. The van der Waals surface area contributed by atoms with Gasteiger partial charge in [0.15, 0.2) is 0 Å². The molecule has 1 aliphatic heterocycles. The smallest absolute Gasteiger partial charge is 0.264 e. The number of amides is 1. The maximum atomic E-state index is 12.8. The number of fused-ring (bicyclic) bond motifs is 1. The normalized spacial score (nSPS) is 25.8. The van der Waals surface area contributed by atoms with Gasteiger partial charge in [-0.15, -0.1) is 11.3 Å². The molecule has 0 radical (unpaired) electrons. The number of morpholine rings is 1. The molecule has 1 saturated carbocycles. The lowest BCUT2D eigenvalue weighted by atomic mass is 10.1. The molecule has 2 aliphatic rings. The molecule has 1 saturated heterocycles. The first-order valence-corrected chi connectivity index (χ1v) is 9.63. The number of aromatic nitrogens is 1. The molecule has 0 spiro atoms. The molecule has 132 valence electrons. The van der Waals surface area contributed by atoms with Gasteiger partial charge in [0.25, 0.3) is 5.91 Å². The molecule has 0 aromatic carbocycles. The van der Waals surface area contributed by atoms with Crippen LogP contribution < -0.4 is 0 Å². The lowest BCUT2D eigenvalue weighted by Gasteiger charge is -2.37. The molecule has 1 amide bonds. The maximum Gasteiger partial charge on any atom is 0.264 e. The highest BCUT2D eigenvalue weighted by atomic mass is 32.1. The molecule has 1 aliphatic carbocycles. The Kier molecular flexibility index (Phi) is 5.10. The van der Waals surface area contributed by atoms with E-state index in [2.05, 4.69) is 4.98 Å². The minimum Gasteiger partial charge on any atom is -0.375 e. The van der Waals surface area contributed by atoms with Crippen molar-refractivity contribution in [2.24, 2.45) is 5.92 Å². The van der Waals surface area contributed by atoms with Gasteiger partial charge in [-0.3, -0.25) is 9.78 Å². The van der Waals surface area contributed by atoms with Crippen LogP contribution in [0, 0.1) is 5.92 Å². The number of carbonyl (C=O) groups excluding carboxylic acids is 1. The number of carbonyl (C=O) groups is 1. The summed E-state index contributed by atoms with van der Waals surface area (Å²) < 4.78 is 11.8. The molecule has 2 fully saturated rings. The first kappa shape index (κ1) is 16.7. The van der Waals surface area contributed by atoms with Crippen molar-refractivity contribution in [2.45, 2.75) is 31.6 Å². The van der Waals surface area contributed by atoms with Gasteiger partial charge in [0, 0.05) is 12.7 Å². The molecule has 2 aromatic rings. The van der Waals surface area contributed by atoms with E-state index in [4.69, 9.17) is 9.47 Å². The monoisotopic (exact) mass is 358 g/mol. The Morgan fingerprint density at radius 1 is 1.32 bits per heavy atom. The SMILES string of the molecule is O=C(c1cccs1)N1CCO[C@@H]2C[C@@H](COCc3ccccn3)C[C@@H]21. The number of rotatable bonds is 5. The number of ether oxygens (including phenoxy) is 2. The number of hydrogen-bond donors (Lipinski definition) is 0. The fraction of sp³-hybridized carbons (Fsp3) is 0.474. The number of nitrogens with zero attached hydrogens (tertiary/aromatic N) is 2. The van der Waals surface area contributed by atoms with Gasteiger partial charge in [-0.05, 0) is 42.3 Å². The van der Waals surface area contributed by atoms with Crippen LogP contribution in [0.1, 0.15) is 28.2 Å². The molecule has 6 heteroatoms. The second-order valence-electron chi connectivity index (χ2n) is 6.63. The minimum atomic E-state index is 0.140. The van der Waals surface area contributed by atoms with Crippen LogP contribution in [0.25, 0.3) is 0 Å². The van der Waals surface area contributed by atoms with Crippen molar-refractivity contribution in [3.05, 3.63) is 52.5 Å². The Morgan fingerprint density at radius 3 is 3.08 bits per heavy atom. The van der Waals surface area contributed by atoms with Crippen LogP contribution in [-0.2, 0) is 16.1 Å². The maximum absolute atomic E-state index is 12.8. The quantitative estimate of drug-likeness (QED) is 0.825. The van der Waals surface area contributed by atoms with Crippen molar-refractivity contribution >= 4 is 17.2 Å². The van der Waals surface area contributed by atoms with Crippen LogP contribution in [-0.4, -0.2) is 47.7 Å². The summed E-state index contributed by atoms with van der Waals surface area (Å²) in [4.78, 5) is 19.9. The molecular formula is C19H22N2O3S. The minimum absolute atomic E-state index is 0.140. The first-order valence-electron chi connectivity index (χ1n) is 8.75. The Hall–Kier alpha value is -1.76. The summed E-state index contributed by atoms with van der Waals surface area (Å²) in [5.74, 6) is 0.568. The zero-order valence-corrected chi connectivity index (χ0v) is 14.9. The summed E-state index contributed by atoms with van der Waals surface area (Å²) in [6.45, 7) is 2.53. The van der Waals surface area contributed by atoms with E-state index >= 15 is 0 Å². The van der Waals surface area contributed by atoms with Crippen molar-refractivity contribution in [3.8, 4) is 0 Å². The Morgan fingerprint density at radius 2 is 2.28 bits per heavy atom. The highest BCUT2D eigenvalue weighted by molar-refractivity contribution is 7.12. The Balaban J connectivity index is 1.33. The zero-order chi connectivity index (χ0) is 17.1. The fourth-order valence-corrected chi connectivity index (χ4v) is 4.47. The van der Waals surface area contributed by atoms with E-state index in [0.717, 1.165) is 23.4 Å². The molecule has 0 unspecified atom stereocenters. The Bertz CT molecular complexity index is 692. The van der Waals surface area contributed by atoms with E-state index in [1.165, 1.54) is 11.3 Å². The summed E-state index contributed by atoms with van der Waals surface area (Å²) in [5, 5.41) is 1.95. The predicted molar refractivity (Wildman–Crippen MR) is 95.5 cm³/mol. The van der Waals surface area contributed by atoms with Gasteiger partial charge < -0.3 is 14.4 Å². The standard InChI is InChI=1S/C19H22N2O3S/c22-19(18-5-3-9-25-18)21-7-8-24-17-11-14(10-16(17)21)12-23-13-15-4-1-2-6-20-15/h1-6,9,14,16-17H,7-8,10-13H2/t14-,16-,17+/m0/s1. The molecule has 2 aromatic heterocycles. The third-order valence-electron chi connectivity index (χ3n) is 4.96. The molecule has 25 heavy (non-hydrogen) atoms. The first-order chi connectivity index (χ1) is 12.3. The lowest BCUT2D eigenvalue weighted by Crippen LogP contribution is -2.51. The third-order valence-corrected chi connectivity index (χ3v) is 5.81. The van der Waals surface area contributed by atoms with Crippen molar-refractivity contribution in [1.82, 2.24) is 9.88 Å². The van der Waals surface area contributed by atoms with Gasteiger partial charge in [-0.2, -0.15) is 0 Å². The lowest BCUT2D eigenvalue weighted by molar-refractivity contribution is -0.0448. The van der Waals surface area contributed by atoms with Crippen LogP contribution in [0.3, 0.4) is 0 Å². The highest BCUT2D eigenvalue weighted by Gasteiger charge is 2.43. The molecule has 4 rings (SSSR count). The summed E-state index contributed by atoms with van der Waals surface area (Å²) in [7, 11) is 0. The highest BCUT2D eigenvalue weighted by Crippen LogP contribution is 2.35. The zero-order valence-electron chi connectivity index (χ0n) is 14.0. The van der Waals surface area contributed by atoms with E-state index in [1.54, 1.807) is 6.20 Å². The van der Waals surface area contributed by atoms with Gasteiger partial charge >= 0.3 is 0 Å². The molecule has 5 nitrogen and oxygen atoms in total. The molecule has 3 atom stereocenters. The van der Waals surface area contributed by atoms with Crippen molar-refractivity contribution < 1.29 is 14.3 Å².